The number of nitrogens with one attached hydrogen (secondary N) is 2. The molecule has 0 spiro atoms. The maximum Gasteiger partial charge on any atom is 0.146 e. The van der Waals surface area contributed by atoms with Gasteiger partial charge in [-0.1, -0.05) is 6.92 Å². The molecule has 0 saturated carbocycles. The Balaban J connectivity index is 1.92. The van der Waals surface area contributed by atoms with Crippen molar-refractivity contribution in [1.29, 1.82) is 0 Å². The second-order valence-corrected chi connectivity index (χ2v) is 5.97. The molecule has 2 N–H and O–H groups in total. The fourth-order valence-corrected chi connectivity index (χ4v) is 3.03. The van der Waals surface area contributed by atoms with Crippen LogP contribution in [0.15, 0.2) is 10.8 Å². The molecule has 1 fully saturated rings. The Bertz CT molecular complexity index is 418. The van der Waals surface area contributed by atoms with Gasteiger partial charge in [-0.3, -0.25) is 0 Å². The molecular formula is C14H24BrN5. The standard InChI is InChI=1S/C14H24BrN5/c1-3-7-20-8-5-11(6-9-20)19-14-12(15)13(16-4-2)17-10-18-14/h10-11H,3-9H2,1-2H3,(H2,16,17,18,19). The molecule has 20 heavy (non-hydrogen) atoms. The lowest BCUT2D eigenvalue weighted by Gasteiger charge is -2.32. The molecule has 0 amide bonds. The lowest BCUT2D eigenvalue weighted by molar-refractivity contribution is 0.219. The summed E-state index contributed by atoms with van der Waals surface area (Å²) in [5.74, 6) is 1.75. The van der Waals surface area contributed by atoms with E-state index in [-0.39, 0.29) is 0 Å². The molecule has 0 unspecified atom stereocenters. The molecule has 0 radical (unpaired) electrons. The molecule has 2 heterocycles. The van der Waals surface area contributed by atoms with Gasteiger partial charge in [0.25, 0.3) is 0 Å². The molecule has 0 bridgehead atoms. The van der Waals surface area contributed by atoms with Gasteiger partial charge in [0.1, 0.15) is 22.4 Å². The normalized spacial score (nSPS) is 17.1. The second-order valence-electron chi connectivity index (χ2n) is 5.18. The molecule has 1 saturated heterocycles. The lowest BCUT2D eigenvalue weighted by atomic mass is 10.0. The summed E-state index contributed by atoms with van der Waals surface area (Å²) in [6.45, 7) is 8.72. The lowest BCUT2D eigenvalue weighted by Crippen LogP contribution is -2.39. The van der Waals surface area contributed by atoms with Crippen LogP contribution in [0.25, 0.3) is 0 Å². The van der Waals surface area contributed by atoms with Crippen molar-refractivity contribution >= 4 is 27.6 Å². The fraction of sp³-hybridized carbons (Fsp3) is 0.714. The van der Waals surface area contributed by atoms with E-state index in [0.29, 0.717) is 6.04 Å². The van der Waals surface area contributed by atoms with Crippen LogP contribution in [0.3, 0.4) is 0 Å². The summed E-state index contributed by atoms with van der Waals surface area (Å²) >= 11 is 3.59. The van der Waals surface area contributed by atoms with E-state index in [0.717, 1.165) is 22.7 Å². The fourth-order valence-electron chi connectivity index (χ4n) is 2.57. The van der Waals surface area contributed by atoms with Gasteiger partial charge in [0.15, 0.2) is 0 Å². The number of rotatable bonds is 6. The van der Waals surface area contributed by atoms with E-state index in [9.17, 15) is 0 Å². The molecule has 5 nitrogen and oxygen atoms in total. The van der Waals surface area contributed by atoms with Gasteiger partial charge in [0, 0.05) is 25.7 Å². The Morgan fingerprint density at radius 2 is 1.95 bits per heavy atom. The molecule has 1 aromatic rings. The van der Waals surface area contributed by atoms with Crippen LogP contribution in [-0.4, -0.2) is 47.1 Å². The van der Waals surface area contributed by atoms with Crippen molar-refractivity contribution in [3.63, 3.8) is 0 Å². The zero-order valence-corrected chi connectivity index (χ0v) is 13.9. The number of likely N-dealkylation sites (tertiary alicyclic amines) is 1. The van der Waals surface area contributed by atoms with Crippen molar-refractivity contribution in [3.05, 3.63) is 10.8 Å². The van der Waals surface area contributed by atoms with Crippen LogP contribution in [0.2, 0.25) is 0 Å². The van der Waals surface area contributed by atoms with Crippen molar-refractivity contribution in [3.8, 4) is 0 Å². The first-order chi connectivity index (χ1) is 9.74. The molecule has 0 atom stereocenters. The number of piperidine rings is 1. The average Bonchev–Trinajstić information content (AvgIpc) is 2.46. The van der Waals surface area contributed by atoms with Crippen LogP contribution in [0.4, 0.5) is 11.6 Å². The Morgan fingerprint density at radius 1 is 1.25 bits per heavy atom. The van der Waals surface area contributed by atoms with Crippen molar-refractivity contribution < 1.29 is 0 Å². The summed E-state index contributed by atoms with van der Waals surface area (Å²) in [5, 5.41) is 6.78. The highest BCUT2D eigenvalue weighted by Crippen LogP contribution is 2.28. The Labute approximate surface area is 129 Å². The Kier molecular flexibility index (Phi) is 6.04. The first-order valence-electron chi connectivity index (χ1n) is 7.47. The zero-order chi connectivity index (χ0) is 14.4. The van der Waals surface area contributed by atoms with E-state index >= 15 is 0 Å². The minimum Gasteiger partial charge on any atom is -0.369 e. The largest absolute Gasteiger partial charge is 0.369 e. The van der Waals surface area contributed by atoms with E-state index in [2.05, 4.69) is 55.3 Å². The molecule has 6 heteroatoms. The summed E-state index contributed by atoms with van der Waals surface area (Å²) in [6, 6.07) is 0.504. The van der Waals surface area contributed by atoms with Crippen molar-refractivity contribution in [2.24, 2.45) is 0 Å². The van der Waals surface area contributed by atoms with Crippen LogP contribution < -0.4 is 10.6 Å². The second kappa shape index (κ2) is 7.78. The van der Waals surface area contributed by atoms with Gasteiger partial charge in [-0.05, 0) is 48.7 Å². The molecule has 1 aliphatic heterocycles. The average molecular weight is 342 g/mol. The summed E-state index contributed by atoms with van der Waals surface area (Å²) in [4.78, 5) is 11.1. The van der Waals surface area contributed by atoms with Gasteiger partial charge < -0.3 is 15.5 Å². The monoisotopic (exact) mass is 341 g/mol. The van der Waals surface area contributed by atoms with Crippen molar-refractivity contribution in [1.82, 2.24) is 14.9 Å². The van der Waals surface area contributed by atoms with Crippen LogP contribution in [-0.2, 0) is 0 Å². The molecule has 0 aliphatic carbocycles. The van der Waals surface area contributed by atoms with Gasteiger partial charge >= 0.3 is 0 Å². The Hall–Kier alpha value is -0.880. The van der Waals surface area contributed by atoms with Crippen LogP contribution in [0.1, 0.15) is 33.1 Å². The summed E-state index contributed by atoms with van der Waals surface area (Å²) in [5.41, 5.74) is 0. The minimum atomic E-state index is 0.504. The predicted octanol–water partition coefficient (Wildman–Crippen LogP) is 2.96. The maximum atomic E-state index is 4.35. The van der Waals surface area contributed by atoms with Gasteiger partial charge in [-0.2, -0.15) is 0 Å². The topological polar surface area (TPSA) is 53.1 Å². The number of halogens is 1. The van der Waals surface area contributed by atoms with E-state index in [1.54, 1.807) is 6.33 Å². The molecule has 112 valence electrons. The predicted molar refractivity (Wildman–Crippen MR) is 87.3 cm³/mol. The molecule has 1 aliphatic rings. The number of anilines is 2. The molecule has 2 rings (SSSR count). The highest BCUT2D eigenvalue weighted by Gasteiger charge is 2.20. The smallest absolute Gasteiger partial charge is 0.146 e. The van der Waals surface area contributed by atoms with Crippen molar-refractivity contribution in [2.45, 2.75) is 39.2 Å². The Morgan fingerprint density at radius 3 is 2.60 bits per heavy atom. The summed E-state index contributed by atoms with van der Waals surface area (Å²) in [7, 11) is 0. The SMILES string of the molecule is CCCN1CCC(Nc2ncnc(NCC)c2Br)CC1. The summed E-state index contributed by atoms with van der Waals surface area (Å²) in [6.07, 6.45) is 5.19. The van der Waals surface area contributed by atoms with Gasteiger partial charge in [-0.15, -0.1) is 0 Å². The number of nitrogens with zero attached hydrogens (tertiary/aromatic N) is 3. The maximum absolute atomic E-state index is 4.35. The van der Waals surface area contributed by atoms with E-state index < -0.39 is 0 Å². The number of hydrogen-bond acceptors (Lipinski definition) is 5. The van der Waals surface area contributed by atoms with Crippen LogP contribution in [0.5, 0.6) is 0 Å². The number of aromatic nitrogens is 2. The zero-order valence-electron chi connectivity index (χ0n) is 12.3. The molecule has 1 aromatic heterocycles. The van der Waals surface area contributed by atoms with Gasteiger partial charge in [0.05, 0.1) is 0 Å². The molecular weight excluding hydrogens is 318 g/mol. The van der Waals surface area contributed by atoms with Gasteiger partial charge in [-0.25, -0.2) is 9.97 Å². The third-order valence-electron chi connectivity index (χ3n) is 3.60. The highest BCUT2D eigenvalue weighted by atomic mass is 79.9. The minimum absolute atomic E-state index is 0.504. The quantitative estimate of drug-likeness (QED) is 0.833. The number of hydrogen-bond donors (Lipinski definition) is 2. The van der Waals surface area contributed by atoms with Crippen LogP contribution in [0, 0.1) is 0 Å². The van der Waals surface area contributed by atoms with E-state index in [1.165, 1.54) is 38.9 Å². The van der Waals surface area contributed by atoms with Crippen molar-refractivity contribution in [2.75, 3.05) is 36.8 Å². The van der Waals surface area contributed by atoms with E-state index in [4.69, 9.17) is 0 Å². The third-order valence-corrected chi connectivity index (χ3v) is 4.35. The summed E-state index contributed by atoms with van der Waals surface area (Å²) < 4.78 is 0.929. The van der Waals surface area contributed by atoms with E-state index in [1.807, 2.05) is 0 Å². The first-order valence-corrected chi connectivity index (χ1v) is 8.27. The third kappa shape index (κ3) is 4.06. The van der Waals surface area contributed by atoms with Crippen LogP contribution >= 0.6 is 15.9 Å². The molecule has 0 aromatic carbocycles. The highest BCUT2D eigenvalue weighted by molar-refractivity contribution is 9.10. The first kappa shape index (κ1) is 15.5. The van der Waals surface area contributed by atoms with Gasteiger partial charge in [0.2, 0.25) is 0 Å².